The van der Waals surface area contributed by atoms with E-state index in [1.807, 2.05) is 50.2 Å². The van der Waals surface area contributed by atoms with Gasteiger partial charge in [0.2, 0.25) is 0 Å². The summed E-state index contributed by atoms with van der Waals surface area (Å²) in [6.45, 7) is 5.07. The van der Waals surface area contributed by atoms with Gasteiger partial charge in [0.25, 0.3) is 0 Å². The van der Waals surface area contributed by atoms with Gasteiger partial charge in [0.05, 0.1) is 17.7 Å². The summed E-state index contributed by atoms with van der Waals surface area (Å²) in [4.78, 5) is 39.8. The standard InChI is InChI=1S/C34H38N2O7/c1-23-24(2)30(43-19-18-37)14-13-28(23)29(38)12-7-15-34(21-25-8-4-3-5-9-25)31(33(41)42)35-16-17-36(34)22-26-10-6-11-27(20-26)32(39)40/h3-14,20,31,35,37H,15-19,21-22H2,1-2H3,(H,39,40)(H,41,42)/t31?,34-/m0/s1. The van der Waals surface area contributed by atoms with Crippen LogP contribution in [-0.4, -0.2) is 75.8 Å². The fraction of sp³-hybridized carbons (Fsp3) is 0.324. The van der Waals surface area contributed by atoms with Gasteiger partial charge in [-0.3, -0.25) is 14.5 Å². The highest BCUT2D eigenvalue weighted by Crippen LogP contribution is 2.34. The number of hydrogen-bond acceptors (Lipinski definition) is 7. The van der Waals surface area contributed by atoms with Gasteiger partial charge in [-0.2, -0.15) is 0 Å². The molecule has 1 aliphatic rings. The number of hydrogen-bond donors (Lipinski definition) is 4. The molecule has 4 rings (SSSR count). The zero-order valence-corrected chi connectivity index (χ0v) is 24.5. The van der Waals surface area contributed by atoms with Crippen molar-refractivity contribution in [3.63, 3.8) is 0 Å². The number of ketones is 1. The minimum atomic E-state index is -1.03. The van der Waals surface area contributed by atoms with Crippen LogP contribution in [0.25, 0.3) is 0 Å². The number of nitrogens with zero attached hydrogens (tertiary/aromatic N) is 1. The second-order valence-corrected chi connectivity index (χ2v) is 10.8. The SMILES string of the molecule is Cc1c(OCCO)ccc(C(=O)C=CC[C@]2(Cc3ccccc3)C(C(=O)O)NCCN2Cc2cccc(C(=O)O)c2)c1C. The molecule has 0 aliphatic carbocycles. The van der Waals surface area contributed by atoms with Gasteiger partial charge in [-0.15, -0.1) is 0 Å². The zero-order valence-electron chi connectivity index (χ0n) is 24.5. The Balaban J connectivity index is 1.70. The number of carbonyl (C=O) groups excluding carboxylic acids is 1. The van der Waals surface area contributed by atoms with Crippen LogP contribution in [0.3, 0.4) is 0 Å². The molecule has 1 heterocycles. The van der Waals surface area contributed by atoms with Crippen molar-refractivity contribution < 1.29 is 34.4 Å². The molecule has 1 fully saturated rings. The molecule has 2 atom stereocenters. The molecule has 4 N–H and O–H groups in total. The number of nitrogens with one attached hydrogen (secondary N) is 1. The smallest absolute Gasteiger partial charge is 0.335 e. The van der Waals surface area contributed by atoms with Crippen molar-refractivity contribution >= 4 is 17.7 Å². The molecule has 3 aromatic carbocycles. The lowest BCUT2D eigenvalue weighted by atomic mass is 9.77. The molecule has 0 spiro atoms. The molecular weight excluding hydrogens is 548 g/mol. The van der Waals surface area contributed by atoms with E-state index in [0.717, 1.165) is 22.3 Å². The number of aliphatic hydroxyl groups excluding tert-OH is 1. The van der Waals surface area contributed by atoms with E-state index >= 15 is 0 Å². The molecule has 0 amide bonds. The topological polar surface area (TPSA) is 136 Å². The maximum Gasteiger partial charge on any atom is 0.335 e. The van der Waals surface area contributed by atoms with Crippen molar-refractivity contribution in [1.82, 2.24) is 10.2 Å². The van der Waals surface area contributed by atoms with Crippen LogP contribution in [0.2, 0.25) is 0 Å². The Morgan fingerprint density at radius 2 is 1.74 bits per heavy atom. The summed E-state index contributed by atoms with van der Waals surface area (Å²) in [6.07, 6.45) is 3.90. The molecule has 0 bridgehead atoms. The fourth-order valence-electron chi connectivity index (χ4n) is 5.83. The number of allylic oxidation sites excluding steroid dienone is 1. The van der Waals surface area contributed by atoms with Crippen LogP contribution >= 0.6 is 0 Å². The van der Waals surface area contributed by atoms with Crippen LogP contribution in [0.1, 0.15) is 49.4 Å². The Morgan fingerprint density at radius 1 is 1.00 bits per heavy atom. The van der Waals surface area contributed by atoms with Crippen LogP contribution in [0.4, 0.5) is 0 Å². The minimum absolute atomic E-state index is 0.110. The van der Waals surface area contributed by atoms with E-state index in [9.17, 15) is 24.6 Å². The number of rotatable bonds is 13. The number of carboxylic acid groups (broad SMARTS) is 2. The number of benzene rings is 3. The number of aliphatic hydroxyl groups is 1. The highest BCUT2D eigenvalue weighted by Gasteiger charge is 2.49. The van der Waals surface area contributed by atoms with E-state index in [4.69, 9.17) is 9.84 Å². The van der Waals surface area contributed by atoms with Gasteiger partial charge in [-0.25, -0.2) is 4.79 Å². The maximum absolute atomic E-state index is 13.4. The molecular formula is C34H38N2O7. The first-order valence-corrected chi connectivity index (χ1v) is 14.3. The first kappa shape index (κ1) is 31.6. The van der Waals surface area contributed by atoms with Crippen LogP contribution in [0.15, 0.2) is 78.9 Å². The van der Waals surface area contributed by atoms with E-state index in [1.54, 1.807) is 30.3 Å². The third-order valence-electron chi connectivity index (χ3n) is 8.14. The van der Waals surface area contributed by atoms with Gasteiger partial charge < -0.3 is 25.4 Å². The third kappa shape index (κ3) is 7.37. The average molecular weight is 587 g/mol. The predicted octanol–water partition coefficient (Wildman–Crippen LogP) is 4.04. The Labute approximate surface area is 251 Å². The Kier molecular flexibility index (Phi) is 10.5. The van der Waals surface area contributed by atoms with Crippen LogP contribution < -0.4 is 10.1 Å². The molecule has 226 valence electrons. The van der Waals surface area contributed by atoms with Crippen molar-refractivity contribution in [3.8, 4) is 5.75 Å². The summed E-state index contributed by atoms with van der Waals surface area (Å²) in [7, 11) is 0. The first-order chi connectivity index (χ1) is 20.7. The lowest BCUT2D eigenvalue weighted by Gasteiger charge is -2.51. The van der Waals surface area contributed by atoms with Crippen molar-refractivity contribution in [1.29, 1.82) is 0 Å². The summed E-state index contributed by atoms with van der Waals surface area (Å²) in [5.74, 6) is -1.62. The van der Waals surface area contributed by atoms with Gasteiger partial charge in [0, 0.05) is 25.2 Å². The van der Waals surface area contributed by atoms with Gasteiger partial charge >= 0.3 is 11.9 Å². The van der Waals surface area contributed by atoms with E-state index in [2.05, 4.69) is 10.2 Å². The van der Waals surface area contributed by atoms with Crippen molar-refractivity contribution in [2.75, 3.05) is 26.3 Å². The molecule has 3 aromatic rings. The first-order valence-electron chi connectivity index (χ1n) is 14.3. The van der Waals surface area contributed by atoms with Crippen molar-refractivity contribution in [2.45, 2.75) is 44.8 Å². The summed E-state index contributed by atoms with van der Waals surface area (Å²) in [5, 5.41) is 32.2. The monoisotopic (exact) mass is 586 g/mol. The summed E-state index contributed by atoms with van der Waals surface area (Å²) >= 11 is 0. The Morgan fingerprint density at radius 3 is 2.44 bits per heavy atom. The zero-order chi connectivity index (χ0) is 31.0. The average Bonchev–Trinajstić information content (AvgIpc) is 2.99. The number of carboxylic acids is 2. The third-order valence-corrected chi connectivity index (χ3v) is 8.14. The lowest BCUT2D eigenvalue weighted by Crippen LogP contribution is -2.70. The molecule has 1 unspecified atom stereocenters. The fourth-order valence-corrected chi connectivity index (χ4v) is 5.83. The Hall–Kier alpha value is -4.31. The number of carbonyl (C=O) groups is 3. The molecule has 1 saturated heterocycles. The summed E-state index contributed by atoms with van der Waals surface area (Å²) in [6, 6.07) is 18.8. The number of aromatic carboxylic acids is 1. The van der Waals surface area contributed by atoms with E-state index in [-0.39, 0.29) is 31.0 Å². The number of aliphatic carboxylic acids is 1. The second kappa shape index (κ2) is 14.2. The largest absolute Gasteiger partial charge is 0.491 e. The normalized spacial score (nSPS) is 18.9. The lowest BCUT2D eigenvalue weighted by molar-refractivity contribution is -0.146. The predicted molar refractivity (Wildman–Crippen MR) is 163 cm³/mol. The highest BCUT2D eigenvalue weighted by molar-refractivity contribution is 6.05. The Bertz CT molecular complexity index is 1490. The minimum Gasteiger partial charge on any atom is -0.491 e. The molecule has 9 heteroatoms. The molecule has 43 heavy (non-hydrogen) atoms. The number of piperazine rings is 1. The van der Waals surface area contributed by atoms with Gasteiger partial charge in [0.15, 0.2) is 5.78 Å². The van der Waals surface area contributed by atoms with Gasteiger partial charge in [0.1, 0.15) is 18.4 Å². The molecule has 1 aliphatic heterocycles. The highest BCUT2D eigenvalue weighted by atomic mass is 16.5. The second-order valence-electron chi connectivity index (χ2n) is 10.8. The maximum atomic E-state index is 13.4. The quantitative estimate of drug-likeness (QED) is 0.173. The summed E-state index contributed by atoms with van der Waals surface area (Å²) < 4.78 is 5.57. The van der Waals surface area contributed by atoms with E-state index in [0.29, 0.717) is 37.4 Å². The van der Waals surface area contributed by atoms with Gasteiger partial charge in [-0.1, -0.05) is 48.5 Å². The van der Waals surface area contributed by atoms with Crippen LogP contribution in [0.5, 0.6) is 5.75 Å². The van der Waals surface area contributed by atoms with Crippen LogP contribution in [0, 0.1) is 13.8 Å². The van der Waals surface area contributed by atoms with E-state index < -0.39 is 23.5 Å². The van der Waals surface area contributed by atoms with Crippen LogP contribution in [-0.2, 0) is 17.8 Å². The molecule has 0 saturated carbocycles. The molecule has 0 aromatic heterocycles. The van der Waals surface area contributed by atoms with Crippen molar-refractivity contribution in [3.05, 3.63) is 112 Å². The van der Waals surface area contributed by atoms with Gasteiger partial charge in [-0.05, 0) is 79.3 Å². The number of ether oxygens (including phenoxy) is 1. The molecule has 9 nitrogen and oxygen atoms in total. The summed E-state index contributed by atoms with van der Waals surface area (Å²) in [5.41, 5.74) is 3.01. The molecule has 0 radical (unpaired) electrons. The van der Waals surface area contributed by atoms with Crippen molar-refractivity contribution in [2.24, 2.45) is 0 Å². The van der Waals surface area contributed by atoms with E-state index in [1.165, 1.54) is 12.1 Å².